The van der Waals surface area contributed by atoms with Crippen LogP contribution in [0.5, 0.6) is 0 Å². The Hall–Kier alpha value is -0.900. The number of hydrogen-bond acceptors (Lipinski definition) is 3. The van der Waals surface area contributed by atoms with E-state index in [-0.39, 0.29) is 5.54 Å². The molecule has 0 aliphatic heterocycles. The topological polar surface area (TPSA) is 38.0 Å². The van der Waals surface area contributed by atoms with Gasteiger partial charge in [0.1, 0.15) is 0 Å². The molecule has 92 valence electrons. The Morgan fingerprint density at radius 3 is 2.71 bits per heavy atom. The molecule has 1 heterocycles. The Bertz CT molecular complexity index is 496. The Morgan fingerprint density at radius 1 is 1.35 bits per heavy atom. The average Bonchev–Trinajstić information content (AvgIpc) is 2.68. The lowest BCUT2D eigenvalue weighted by molar-refractivity contribution is 0.398. The van der Waals surface area contributed by atoms with Gasteiger partial charge in [0.05, 0.1) is 0 Å². The van der Waals surface area contributed by atoms with E-state index in [1.807, 2.05) is 7.05 Å². The molecule has 0 radical (unpaired) electrons. The molecule has 0 aliphatic rings. The molecule has 1 unspecified atom stereocenters. The summed E-state index contributed by atoms with van der Waals surface area (Å²) in [5, 5.41) is 6.98. The lowest BCUT2D eigenvalue weighted by Crippen LogP contribution is -2.36. The lowest BCUT2D eigenvalue weighted by atomic mass is 9.92. The van der Waals surface area contributed by atoms with Crippen LogP contribution in [0.2, 0.25) is 0 Å². The van der Waals surface area contributed by atoms with Crippen LogP contribution in [-0.4, -0.2) is 12.6 Å². The molecule has 2 nitrogen and oxygen atoms in total. The number of hydrogen-bond donors (Lipinski definition) is 2. The zero-order valence-electron chi connectivity index (χ0n) is 10.7. The van der Waals surface area contributed by atoms with Crippen molar-refractivity contribution in [2.24, 2.45) is 5.73 Å². The first kappa shape index (κ1) is 12.6. The second-order valence-electron chi connectivity index (χ2n) is 5.22. The highest BCUT2D eigenvalue weighted by atomic mass is 32.1. The Morgan fingerprint density at radius 2 is 2.06 bits per heavy atom. The monoisotopic (exact) mass is 248 g/mol. The standard InChI is InChI=1S/C14H20N2S/c1-14(2,15)8-12(16-3)11-9-17-13-7-5-4-6-10(11)13/h4-7,9,12,16H,8,15H2,1-3H3. The van der Waals surface area contributed by atoms with E-state index in [0.717, 1.165) is 6.42 Å². The molecule has 0 saturated heterocycles. The maximum absolute atomic E-state index is 6.13. The SMILES string of the molecule is CNC(CC(C)(C)N)c1csc2ccccc12. The summed E-state index contributed by atoms with van der Waals surface area (Å²) in [6.45, 7) is 4.15. The molecule has 3 N–H and O–H groups in total. The molecular formula is C14H20N2S. The largest absolute Gasteiger partial charge is 0.325 e. The highest BCUT2D eigenvalue weighted by Crippen LogP contribution is 2.33. The average molecular weight is 248 g/mol. The van der Waals surface area contributed by atoms with Crippen molar-refractivity contribution in [2.45, 2.75) is 31.8 Å². The molecule has 2 rings (SSSR count). The van der Waals surface area contributed by atoms with Gasteiger partial charge in [-0.05, 0) is 49.7 Å². The van der Waals surface area contributed by atoms with E-state index in [9.17, 15) is 0 Å². The van der Waals surface area contributed by atoms with E-state index < -0.39 is 0 Å². The summed E-state index contributed by atoms with van der Waals surface area (Å²) in [5.41, 5.74) is 7.34. The minimum Gasteiger partial charge on any atom is -0.325 e. The van der Waals surface area contributed by atoms with Gasteiger partial charge in [-0.1, -0.05) is 18.2 Å². The third kappa shape index (κ3) is 2.86. The van der Waals surface area contributed by atoms with Crippen molar-refractivity contribution >= 4 is 21.4 Å². The van der Waals surface area contributed by atoms with Crippen molar-refractivity contribution in [3.63, 3.8) is 0 Å². The first-order valence-electron chi connectivity index (χ1n) is 5.93. The normalized spacial score (nSPS) is 14.1. The maximum Gasteiger partial charge on any atom is 0.0349 e. The molecule has 0 saturated carbocycles. The van der Waals surface area contributed by atoms with Gasteiger partial charge in [-0.15, -0.1) is 11.3 Å². The van der Waals surface area contributed by atoms with Gasteiger partial charge < -0.3 is 11.1 Å². The molecule has 1 atom stereocenters. The summed E-state index contributed by atoms with van der Waals surface area (Å²) in [7, 11) is 2.00. The number of fused-ring (bicyclic) bond motifs is 1. The van der Waals surface area contributed by atoms with Crippen LogP contribution in [-0.2, 0) is 0 Å². The van der Waals surface area contributed by atoms with E-state index in [1.54, 1.807) is 11.3 Å². The molecule has 1 aromatic heterocycles. The van der Waals surface area contributed by atoms with Gasteiger partial charge in [0.25, 0.3) is 0 Å². The molecule has 0 fully saturated rings. The molecule has 2 aromatic rings. The predicted octanol–water partition coefficient (Wildman–Crippen LogP) is 3.29. The quantitative estimate of drug-likeness (QED) is 0.871. The van der Waals surface area contributed by atoms with Gasteiger partial charge in [0.15, 0.2) is 0 Å². The van der Waals surface area contributed by atoms with E-state index in [0.29, 0.717) is 6.04 Å². The van der Waals surface area contributed by atoms with E-state index in [4.69, 9.17) is 5.73 Å². The fourth-order valence-electron chi connectivity index (χ4n) is 2.16. The predicted molar refractivity (Wildman–Crippen MR) is 76.5 cm³/mol. The summed E-state index contributed by atoms with van der Waals surface area (Å²) < 4.78 is 1.34. The van der Waals surface area contributed by atoms with Crippen molar-refractivity contribution in [3.8, 4) is 0 Å². The van der Waals surface area contributed by atoms with E-state index in [2.05, 4.69) is 48.8 Å². The molecule has 17 heavy (non-hydrogen) atoms. The van der Waals surface area contributed by atoms with Crippen molar-refractivity contribution < 1.29 is 0 Å². The highest BCUT2D eigenvalue weighted by molar-refractivity contribution is 7.17. The van der Waals surface area contributed by atoms with Gasteiger partial charge >= 0.3 is 0 Å². The molecule has 0 bridgehead atoms. The van der Waals surface area contributed by atoms with E-state index >= 15 is 0 Å². The molecule has 0 spiro atoms. The first-order valence-corrected chi connectivity index (χ1v) is 6.81. The van der Waals surface area contributed by atoms with Crippen LogP contribution in [0.1, 0.15) is 31.9 Å². The molecular weight excluding hydrogens is 228 g/mol. The Balaban J connectivity index is 2.37. The van der Waals surface area contributed by atoms with Crippen LogP contribution in [0.15, 0.2) is 29.6 Å². The number of benzene rings is 1. The summed E-state index contributed by atoms with van der Waals surface area (Å²) in [6.07, 6.45) is 0.935. The first-order chi connectivity index (χ1) is 8.01. The third-order valence-corrected chi connectivity index (χ3v) is 3.95. The van der Waals surface area contributed by atoms with Gasteiger partial charge in [-0.2, -0.15) is 0 Å². The number of rotatable bonds is 4. The summed E-state index contributed by atoms with van der Waals surface area (Å²) in [5.74, 6) is 0. The van der Waals surface area contributed by atoms with Gasteiger partial charge in [0, 0.05) is 16.3 Å². The zero-order valence-corrected chi connectivity index (χ0v) is 11.5. The van der Waals surface area contributed by atoms with Crippen molar-refractivity contribution in [2.75, 3.05) is 7.05 Å². The van der Waals surface area contributed by atoms with Crippen molar-refractivity contribution in [3.05, 3.63) is 35.2 Å². The highest BCUT2D eigenvalue weighted by Gasteiger charge is 2.21. The lowest BCUT2D eigenvalue weighted by Gasteiger charge is -2.25. The van der Waals surface area contributed by atoms with Crippen LogP contribution >= 0.6 is 11.3 Å². The fourth-order valence-corrected chi connectivity index (χ4v) is 3.18. The fraction of sp³-hybridized carbons (Fsp3) is 0.429. The van der Waals surface area contributed by atoms with Crippen LogP contribution in [0.25, 0.3) is 10.1 Å². The number of nitrogens with two attached hydrogens (primary N) is 1. The second-order valence-corrected chi connectivity index (χ2v) is 6.13. The smallest absolute Gasteiger partial charge is 0.0349 e. The maximum atomic E-state index is 6.13. The van der Waals surface area contributed by atoms with Gasteiger partial charge in [-0.3, -0.25) is 0 Å². The minimum absolute atomic E-state index is 0.156. The second kappa shape index (κ2) is 4.77. The Kier molecular flexibility index (Phi) is 3.52. The van der Waals surface area contributed by atoms with Crippen molar-refractivity contribution in [1.82, 2.24) is 5.32 Å². The zero-order chi connectivity index (χ0) is 12.5. The van der Waals surface area contributed by atoms with Gasteiger partial charge in [0.2, 0.25) is 0 Å². The summed E-state index contributed by atoms with van der Waals surface area (Å²) >= 11 is 1.80. The molecule has 0 aliphatic carbocycles. The Labute approximate surface area is 107 Å². The molecule has 1 aromatic carbocycles. The number of nitrogens with one attached hydrogen (secondary N) is 1. The summed E-state index contributed by atoms with van der Waals surface area (Å²) in [6, 6.07) is 8.87. The van der Waals surface area contributed by atoms with Crippen LogP contribution in [0.4, 0.5) is 0 Å². The third-order valence-electron chi connectivity index (χ3n) is 2.97. The number of thiophene rings is 1. The minimum atomic E-state index is -0.156. The molecule has 3 heteroatoms. The summed E-state index contributed by atoms with van der Waals surface area (Å²) in [4.78, 5) is 0. The molecule has 0 amide bonds. The van der Waals surface area contributed by atoms with Crippen LogP contribution in [0.3, 0.4) is 0 Å². The van der Waals surface area contributed by atoms with Gasteiger partial charge in [-0.25, -0.2) is 0 Å². The van der Waals surface area contributed by atoms with Crippen molar-refractivity contribution in [1.29, 1.82) is 0 Å². The van der Waals surface area contributed by atoms with Crippen LogP contribution in [0, 0.1) is 0 Å². The van der Waals surface area contributed by atoms with Crippen LogP contribution < -0.4 is 11.1 Å². The van der Waals surface area contributed by atoms with E-state index in [1.165, 1.54) is 15.6 Å².